The molecule has 1 aliphatic heterocycles. The predicted octanol–water partition coefficient (Wildman–Crippen LogP) is 1.83. The largest absolute Gasteiger partial charge is 0.478 e. The minimum absolute atomic E-state index is 0.108. The number of carboxylic acid groups (broad SMARTS) is 1. The van der Waals surface area contributed by atoms with Gasteiger partial charge in [0.05, 0.1) is 15.0 Å². The van der Waals surface area contributed by atoms with Crippen LogP contribution in [0.1, 0.15) is 10.4 Å². The molecule has 14 heavy (non-hydrogen) atoms. The summed E-state index contributed by atoms with van der Waals surface area (Å²) in [6.45, 7) is 0. The monoisotopic (exact) mass is 232 g/mol. The zero-order chi connectivity index (χ0) is 10.1. The Hall–Kier alpha value is -1.05. The average Bonchev–Trinajstić information content (AvgIpc) is 2.63. The average molecular weight is 232 g/mol. The summed E-state index contributed by atoms with van der Waals surface area (Å²) < 4.78 is 15.1. The van der Waals surface area contributed by atoms with Gasteiger partial charge in [-0.15, -0.1) is 0 Å². The van der Waals surface area contributed by atoms with Crippen molar-refractivity contribution >= 4 is 24.5 Å². The van der Waals surface area contributed by atoms with E-state index in [9.17, 15) is 4.79 Å². The maximum absolute atomic E-state index is 10.7. The molecule has 0 saturated carbocycles. The van der Waals surface area contributed by atoms with Crippen molar-refractivity contribution < 1.29 is 23.5 Å². The number of carbonyl (C=O) groups is 1. The summed E-state index contributed by atoms with van der Waals surface area (Å²) in [6.07, 6.45) is 0. The van der Waals surface area contributed by atoms with Crippen LogP contribution in [0.2, 0.25) is 0 Å². The van der Waals surface area contributed by atoms with Gasteiger partial charge >= 0.3 is 5.97 Å². The van der Waals surface area contributed by atoms with Crippen LogP contribution >= 0.6 is 18.5 Å². The van der Waals surface area contributed by atoms with Crippen molar-refractivity contribution in [2.75, 3.05) is 0 Å². The van der Waals surface area contributed by atoms with Gasteiger partial charge in [0.15, 0.2) is 11.5 Å². The summed E-state index contributed by atoms with van der Waals surface area (Å²) in [5.74, 6) is 0.161. The quantitative estimate of drug-likeness (QED) is 0.788. The molecule has 1 aromatic carbocycles. The van der Waals surface area contributed by atoms with E-state index in [4.69, 9.17) is 18.7 Å². The summed E-state index contributed by atoms with van der Waals surface area (Å²) in [7, 11) is 1.89. The molecule has 1 heterocycles. The topological polar surface area (TPSA) is 65.0 Å². The molecule has 5 nitrogen and oxygen atoms in total. The van der Waals surface area contributed by atoms with Crippen molar-refractivity contribution in [3.05, 3.63) is 17.7 Å². The minimum Gasteiger partial charge on any atom is -0.478 e. The maximum atomic E-state index is 10.7. The van der Waals surface area contributed by atoms with E-state index in [0.29, 0.717) is 17.2 Å². The van der Waals surface area contributed by atoms with E-state index in [-0.39, 0.29) is 14.6 Å². The Morgan fingerprint density at radius 3 is 2.93 bits per heavy atom. The lowest BCUT2D eigenvalue weighted by molar-refractivity contribution is 0.0696. The van der Waals surface area contributed by atoms with Gasteiger partial charge in [-0.1, -0.05) is 0 Å². The molecule has 0 radical (unpaired) electrons. The SMILES string of the molecule is O=C(O)c1cc(OP)c2c(c1)OPO2. The molecule has 0 spiro atoms. The first-order valence-corrected chi connectivity index (χ1v) is 4.88. The van der Waals surface area contributed by atoms with E-state index in [0.717, 1.165) is 0 Å². The van der Waals surface area contributed by atoms with Gasteiger partial charge in [0.25, 0.3) is 9.03 Å². The van der Waals surface area contributed by atoms with Crippen LogP contribution in [-0.2, 0) is 0 Å². The lowest BCUT2D eigenvalue weighted by atomic mass is 10.2. The highest BCUT2D eigenvalue weighted by Crippen LogP contribution is 2.49. The standard InChI is InChI=1S/C7H6O5P2/c8-7(9)3-1-4(10-13)6-5(2-3)11-14-12-6/h1-2,14H,13H2,(H,8,9). The molecule has 0 aliphatic carbocycles. The number of aromatic carboxylic acids is 1. The van der Waals surface area contributed by atoms with Gasteiger partial charge in [-0.3, -0.25) is 0 Å². The van der Waals surface area contributed by atoms with Gasteiger partial charge in [0.2, 0.25) is 5.75 Å². The van der Waals surface area contributed by atoms with Crippen LogP contribution in [0.3, 0.4) is 0 Å². The van der Waals surface area contributed by atoms with E-state index in [1.807, 2.05) is 9.47 Å². The molecule has 2 rings (SSSR count). The number of rotatable bonds is 2. The molecule has 0 fully saturated rings. The van der Waals surface area contributed by atoms with Gasteiger partial charge in [-0.25, -0.2) is 4.79 Å². The fourth-order valence-corrected chi connectivity index (χ4v) is 1.81. The molecule has 1 aliphatic rings. The molecule has 0 saturated heterocycles. The maximum Gasteiger partial charge on any atom is 0.335 e. The van der Waals surface area contributed by atoms with Crippen LogP contribution in [-0.4, -0.2) is 11.1 Å². The fourth-order valence-electron chi connectivity index (χ4n) is 1.07. The Kier molecular flexibility index (Phi) is 2.44. The Morgan fingerprint density at radius 1 is 1.50 bits per heavy atom. The zero-order valence-electron chi connectivity index (χ0n) is 6.81. The number of carboxylic acids is 1. The second-order valence-electron chi connectivity index (χ2n) is 2.51. The van der Waals surface area contributed by atoms with Crippen LogP contribution in [0, 0.1) is 0 Å². The van der Waals surface area contributed by atoms with Gasteiger partial charge in [0.1, 0.15) is 0 Å². The van der Waals surface area contributed by atoms with Crippen molar-refractivity contribution in [1.29, 1.82) is 0 Å². The Bertz CT molecular complexity index is 392. The van der Waals surface area contributed by atoms with Gasteiger partial charge < -0.3 is 18.7 Å². The minimum atomic E-state index is -1.03. The summed E-state index contributed by atoms with van der Waals surface area (Å²) in [6, 6.07) is 2.79. The highest BCUT2D eigenvalue weighted by molar-refractivity contribution is 7.27. The third-order valence-corrected chi connectivity index (χ3v) is 2.53. The third kappa shape index (κ3) is 1.49. The molecule has 7 heteroatoms. The summed E-state index contributed by atoms with van der Waals surface area (Å²) in [4.78, 5) is 10.7. The summed E-state index contributed by atoms with van der Waals surface area (Å²) in [5.41, 5.74) is 0.108. The molecule has 0 aromatic heterocycles. The number of benzene rings is 1. The molecule has 1 aromatic rings. The van der Waals surface area contributed by atoms with Crippen molar-refractivity contribution in [3.8, 4) is 17.2 Å². The highest BCUT2D eigenvalue weighted by Gasteiger charge is 2.22. The van der Waals surface area contributed by atoms with Gasteiger partial charge in [-0.05, 0) is 12.1 Å². The van der Waals surface area contributed by atoms with Gasteiger partial charge in [0, 0.05) is 0 Å². The smallest absolute Gasteiger partial charge is 0.335 e. The lowest BCUT2D eigenvalue weighted by Crippen LogP contribution is -1.96. The molecule has 2 unspecified atom stereocenters. The first-order chi connectivity index (χ1) is 6.72. The van der Waals surface area contributed by atoms with Crippen LogP contribution in [0.15, 0.2) is 12.1 Å². The zero-order valence-corrected chi connectivity index (χ0v) is 8.97. The van der Waals surface area contributed by atoms with E-state index in [1.165, 1.54) is 12.1 Å². The lowest BCUT2D eigenvalue weighted by Gasteiger charge is -2.04. The Morgan fingerprint density at radius 2 is 2.29 bits per heavy atom. The first-order valence-electron chi connectivity index (χ1n) is 3.59. The predicted molar refractivity (Wildman–Crippen MR) is 53.3 cm³/mol. The first kappa shape index (κ1) is 9.50. The van der Waals surface area contributed by atoms with E-state index < -0.39 is 5.97 Å². The molecule has 2 atom stereocenters. The van der Waals surface area contributed by atoms with Crippen molar-refractivity contribution in [2.45, 2.75) is 0 Å². The molecular weight excluding hydrogens is 226 g/mol. The highest BCUT2D eigenvalue weighted by atomic mass is 31.1. The second-order valence-corrected chi connectivity index (χ2v) is 3.32. The number of hydrogen-bond acceptors (Lipinski definition) is 4. The molecule has 74 valence electrons. The Balaban J connectivity index is 2.54. The van der Waals surface area contributed by atoms with Crippen molar-refractivity contribution in [3.63, 3.8) is 0 Å². The second kappa shape index (κ2) is 3.60. The van der Waals surface area contributed by atoms with Crippen LogP contribution < -0.4 is 13.6 Å². The van der Waals surface area contributed by atoms with Gasteiger partial charge in [-0.2, -0.15) is 0 Å². The van der Waals surface area contributed by atoms with Crippen LogP contribution in [0.4, 0.5) is 0 Å². The van der Waals surface area contributed by atoms with Crippen molar-refractivity contribution in [2.24, 2.45) is 0 Å². The van der Waals surface area contributed by atoms with E-state index in [2.05, 4.69) is 0 Å². The molecular formula is C7H6O5P2. The van der Waals surface area contributed by atoms with Crippen molar-refractivity contribution in [1.82, 2.24) is 0 Å². The molecule has 0 amide bonds. The summed E-state index contributed by atoms with van der Waals surface area (Å²) in [5, 5.41) is 8.78. The van der Waals surface area contributed by atoms with E-state index in [1.54, 1.807) is 0 Å². The normalized spacial score (nSPS) is 14.4. The molecule has 1 N–H and O–H groups in total. The van der Waals surface area contributed by atoms with Crippen LogP contribution in [0.5, 0.6) is 17.2 Å². The Labute approximate surface area is 83.6 Å². The molecule has 0 bridgehead atoms. The third-order valence-electron chi connectivity index (χ3n) is 1.69. The van der Waals surface area contributed by atoms with Crippen LogP contribution in [0.25, 0.3) is 0 Å². The summed E-state index contributed by atoms with van der Waals surface area (Å²) >= 11 is 0. The number of hydrogen-bond donors (Lipinski definition) is 1. The number of fused-ring (bicyclic) bond motifs is 1. The fraction of sp³-hybridized carbons (Fsp3) is 0. The van der Waals surface area contributed by atoms with E-state index >= 15 is 0 Å².